The topological polar surface area (TPSA) is 55.6 Å². The number of ether oxygens (including phenoxy) is 1. The molecule has 3 rings (SSSR count). The summed E-state index contributed by atoms with van der Waals surface area (Å²) in [4.78, 5) is 14.1. The van der Waals surface area contributed by atoms with E-state index in [0.29, 0.717) is 13.1 Å². The molecule has 0 saturated carbocycles. The number of amides is 1. The summed E-state index contributed by atoms with van der Waals surface area (Å²) in [5.41, 5.74) is 6.33. The molecule has 1 saturated heterocycles. The van der Waals surface area contributed by atoms with E-state index in [0.717, 1.165) is 23.4 Å². The summed E-state index contributed by atoms with van der Waals surface area (Å²) in [7, 11) is 1.58. The first kappa shape index (κ1) is 18.3. The number of methoxy groups -OCH3 is 1. The van der Waals surface area contributed by atoms with Crippen molar-refractivity contribution < 1.29 is 22.7 Å². The third-order valence-electron chi connectivity index (χ3n) is 4.63. The molecule has 138 valence electrons. The van der Waals surface area contributed by atoms with Crippen molar-refractivity contribution in [3.05, 3.63) is 65.2 Å². The third kappa shape index (κ3) is 3.67. The lowest BCUT2D eigenvalue weighted by molar-refractivity contribution is -0.137. The molecule has 1 fully saturated rings. The molecule has 2 atom stereocenters. The van der Waals surface area contributed by atoms with E-state index in [1.165, 1.54) is 17.0 Å². The molecular formula is C19H19F3N2O2. The van der Waals surface area contributed by atoms with E-state index in [1.54, 1.807) is 7.11 Å². The van der Waals surface area contributed by atoms with Gasteiger partial charge >= 0.3 is 6.18 Å². The second-order valence-corrected chi connectivity index (χ2v) is 6.33. The molecule has 2 aromatic carbocycles. The van der Waals surface area contributed by atoms with Gasteiger partial charge in [0.2, 0.25) is 0 Å². The Hall–Kier alpha value is -2.54. The van der Waals surface area contributed by atoms with E-state index in [1.807, 2.05) is 24.3 Å². The Morgan fingerprint density at radius 3 is 2.46 bits per heavy atom. The number of rotatable bonds is 3. The molecule has 4 nitrogen and oxygen atoms in total. The molecule has 0 spiro atoms. The normalized spacial score (nSPS) is 20.3. The van der Waals surface area contributed by atoms with Crippen molar-refractivity contribution in [2.75, 3.05) is 20.2 Å². The van der Waals surface area contributed by atoms with Crippen LogP contribution in [-0.4, -0.2) is 37.0 Å². The molecule has 1 heterocycles. The summed E-state index contributed by atoms with van der Waals surface area (Å²) in [5, 5.41) is 0. The molecular weight excluding hydrogens is 345 g/mol. The maximum absolute atomic E-state index is 12.9. The number of nitrogens with zero attached hydrogens (tertiary/aromatic N) is 1. The molecule has 26 heavy (non-hydrogen) atoms. The predicted molar refractivity (Wildman–Crippen MR) is 91.1 cm³/mol. The van der Waals surface area contributed by atoms with Gasteiger partial charge in [0.1, 0.15) is 5.75 Å². The fourth-order valence-corrected chi connectivity index (χ4v) is 3.21. The Labute approximate surface area is 149 Å². The highest BCUT2D eigenvalue weighted by molar-refractivity contribution is 5.94. The van der Waals surface area contributed by atoms with Gasteiger partial charge in [-0.1, -0.05) is 18.2 Å². The number of carbonyl (C=O) groups is 1. The fraction of sp³-hybridized carbons (Fsp3) is 0.316. The minimum atomic E-state index is -4.48. The SMILES string of the molecule is COc1ccc([C@H]2CN(C(=O)c3cccc(C(F)(F)F)c3)C[C@@H]2N)cc1. The van der Waals surface area contributed by atoms with E-state index >= 15 is 0 Å². The Morgan fingerprint density at radius 1 is 1.15 bits per heavy atom. The molecule has 7 heteroatoms. The van der Waals surface area contributed by atoms with Gasteiger partial charge < -0.3 is 15.4 Å². The van der Waals surface area contributed by atoms with Crippen LogP contribution >= 0.6 is 0 Å². The summed E-state index contributed by atoms with van der Waals surface area (Å²) in [6.07, 6.45) is -4.48. The summed E-state index contributed by atoms with van der Waals surface area (Å²) in [5.74, 6) is 0.204. The van der Waals surface area contributed by atoms with Crippen molar-refractivity contribution in [3.8, 4) is 5.75 Å². The van der Waals surface area contributed by atoms with Gasteiger partial charge in [-0.15, -0.1) is 0 Å². The Morgan fingerprint density at radius 2 is 1.85 bits per heavy atom. The lowest BCUT2D eigenvalue weighted by Gasteiger charge is -2.17. The van der Waals surface area contributed by atoms with E-state index in [4.69, 9.17) is 10.5 Å². The van der Waals surface area contributed by atoms with Crippen LogP contribution in [0.15, 0.2) is 48.5 Å². The standard InChI is InChI=1S/C19H19F3N2O2/c1-26-15-7-5-12(6-8-15)16-10-24(11-17(16)23)18(25)13-3-2-4-14(9-13)19(20,21)22/h2-9,16-17H,10-11,23H2,1H3/t16-,17+/m1/s1. The molecule has 1 amide bonds. The van der Waals surface area contributed by atoms with Gasteiger partial charge in [-0.3, -0.25) is 4.79 Å². The van der Waals surface area contributed by atoms with Crippen LogP contribution in [0.5, 0.6) is 5.75 Å². The first-order valence-corrected chi connectivity index (χ1v) is 8.15. The average molecular weight is 364 g/mol. The zero-order valence-electron chi connectivity index (χ0n) is 14.2. The van der Waals surface area contributed by atoms with Crippen molar-refractivity contribution >= 4 is 5.91 Å². The van der Waals surface area contributed by atoms with Crippen LogP contribution < -0.4 is 10.5 Å². The molecule has 0 aliphatic carbocycles. The first-order valence-electron chi connectivity index (χ1n) is 8.15. The fourth-order valence-electron chi connectivity index (χ4n) is 3.21. The van der Waals surface area contributed by atoms with Gasteiger partial charge in [-0.2, -0.15) is 13.2 Å². The highest BCUT2D eigenvalue weighted by Gasteiger charge is 2.35. The highest BCUT2D eigenvalue weighted by Crippen LogP contribution is 2.31. The molecule has 0 radical (unpaired) electrons. The van der Waals surface area contributed by atoms with E-state index in [2.05, 4.69) is 0 Å². The molecule has 1 aliphatic rings. The van der Waals surface area contributed by atoms with Crippen molar-refractivity contribution in [1.82, 2.24) is 4.90 Å². The quantitative estimate of drug-likeness (QED) is 0.909. The first-order chi connectivity index (χ1) is 12.3. The van der Waals surface area contributed by atoms with Gasteiger partial charge in [0.15, 0.2) is 0 Å². The van der Waals surface area contributed by atoms with Crippen LogP contribution in [-0.2, 0) is 6.18 Å². The number of hydrogen-bond donors (Lipinski definition) is 1. The van der Waals surface area contributed by atoms with Gasteiger partial charge in [-0.25, -0.2) is 0 Å². The lowest BCUT2D eigenvalue weighted by atomic mass is 9.95. The summed E-state index contributed by atoms with van der Waals surface area (Å²) < 4.78 is 43.7. The number of nitrogens with two attached hydrogens (primary N) is 1. The smallest absolute Gasteiger partial charge is 0.416 e. The van der Waals surface area contributed by atoms with Crippen LogP contribution in [0.25, 0.3) is 0 Å². The third-order valence-corrected chi connectivity index (χ3v) is 4.63. The van der Waals surface area contributed by atoms with Gasteiger partial charge in [0.25, 0.3) is 5.91 Å². The molecule has 0 unspecified atom stereocenters. The number of alkyl halides is 3. The van der Waals surface area contributed by atoms with Gasteiger partial charge in [0.05, 0.1) is 12.7 Å². The van der Waals surface area contributed by atoms with E-state index in [9.17, 15) is 18.0 Å². The molecule has 0 bridgehead atoms. The highest BCUT2D eigenvalue weighted by atomic mass is 19.4. The zero-order valence-corrected chi connectivity index (χ0v) is 14.2. The molecule has 2 aromatic rings. The van der Waals surface area contributed by atoms with Crippen molar-refractivity contribution in [2.24, 2.45) is 5.73 Å². The minimum absolute atomic E-state index is 0.0161. The Bertz CT molecular complexity index is 790. The summed E-state index contributed by atoms with van der Waals surface area (Å²) in [6.45, 7) is 0.661. The number of benzene rings is 2. The van der Waals surface area contributed by atoms with Crippen LogP contribution in [0.3, 0.4) is 0 Å². The maximum atomic E-state index is 12.9. The van der Waals surface area contributed by atoms with Crippen LogP contribution in [0.4, 0.5) is 13.2 Å². The molecule has 2 N–H and O–H groups in total. The maximum Gasteiger partial charge on any atom is 0.416 e. The average Bonchev–Trinajstić information content (AvgIpc) is 3.02. The lowest BCUT2D eigenvalue weighted by Crippen LogP contribution is -2.32. The van der Waals surface area contributed by atoms with Crippen molar-refractivity contribution in [1.29, 1.82) is 0 Å². The van der Waals surface area contributed by atoms with Crippen molar-refractivity contribution in [3.63, 3.8) is 0 Å². The largest absolute Gasteiger partial charge is 0.497 e. The van der Waals surface area contributed by atoms with Gasteiger partial charge in [0, 0.05) is 30.6 Å². The van der Waals surface area contributed by atoms with E-state index in [-0.39, 0.29) is 17.5 Å². The summed E-state index contributed by atoms with van der Waals surface area (Å²) in [6, 6.07) is 11.6. The van der Waals surface area contributed by atoms with Crippen LogP contribution in [0, 0.1) is 0 Å². The zero-order chi connectivity index (χ0) is 18.9. The predicted octanol–water partition coefficient (Wildman–Crippen LogP) is 3.28. The number of halogens is 3. The second kappa shape index (κ2) is 6.99. The van der Waals surface area contributed by atoms with E-state index < -0.39 is 17.6 Å². The number of likely N-dealkylation sites (tertiary alicyclic amines) is 1. The number of hydrogen-bond acceptors (Lipinski definition) is 3. The Balaban J connectivity index is 1.77. The minimum Gasteiger partial charge on any atom is -0.497 e. The van der Waals surface area contributed by atoms with Crippen LogP contribution in [0.1, 0.15) is 27.4 Å². The molecule has 1 aliphatic heterocycles. The monoisotopic (exact) mass is 364 g/mol. The summed E-state index contributed by atoms with van der Waals surface area (Å²) >= 11 is 0. The van der Waals surface area contributed by atoms with Gasteiger partial charge in [-0.05, 0) is 35.9 Å². The Kier molecular flexibility index (Phi) is 4.91. The van der Waals surface area contributed by atoms with Crippen LogP contribution in [0.2, 0.25) is 0 Å². The van der Waals surface area contributed by atoms with Crippen molar-refractivity contribution in [2.45, 2.75) is 18.1 Å². The second-order valence-electron chi connectivity index (χ2n) is 6.33. The molecule has 0 aromatic heterocycles. The number of carbonyl (C=O) groups excluding carboxylic acids is 1.